The fourth-order valence-corrected chi connectivity index (χ4v) is 4.04. The monoisotopic (exact) mass is 366 g/mol. The van der Waals surface area contributed by atoms with Crippen LogP contribution in [-0.2, 0) is 10.0 Å². The number of halogens is 1. The van der Waals surface area contributed by atoms with Crippen molar-refractivity contribution >= 4 is 22.4 Å². The van der Waals surface area contributed by atoms with E-state index in [4.69, 9.17) is 14.2 Å². The molecule has 1 aromatic rings. The lowest BCUT2D eigenvalue weighted by Crippen LogP contribution is -2.45. The highest BCUT2D eigenvalue weighted by molar-refractivity contribution is 7.89. The molecule has 132 valence electrons. The molecule has 1 aromatic carbocycles. The van der Waals surface area contributed by atoms with Crippen LogP contribution in [0.2, 0.25) is 0 Å². The third kappa shape index (κ3) is 4.63. The lowest BCUT2D eigenvalue weighted by atomic mass is 10.1. The van der Waals surface area contributed by atoms with E-state index in [0.717, 1.165) is 19.4 Å². The summed E-state index contributed by atoms with van der Waals surface area (Å²) < 4.78 is 43.7. The molecule has 0 unspecified atom stereocenters. The fraction of sp³-hybridized carbons (Fsp3) is 0.571. The molecule has 0 radical (unpaired) electrons. The zero-order chi connectivity index (χ0) is 16.2. The molecule has 1 atom stereocenters. The van der Waals surface area contributed by atoms with Crippen molar-refractivity contribution in [1.82, 2.24) is 10.0 Å². The minimum absolute atomic E-state index is 0. The Bertz CT molecular complexity index is 593. The molecule has 7 nitrogen and oxygen atoms in total. The van der Waals surface area contributed by atoms with Crippen LogP contribution in [0.25, 0.3) is 0 Å². The number of ether oxygens (including phenoxy) is 3. The van der Waals surface area contributed by atoms with Crippen molar-refractivity contribution in [3.63, 3.8) is 0 Å². The molecule has 0 bridgehead atoms. The average Bonchev–Trinajstić information content (AvgIpc) is 2.53. The van der Waals surface area contributed by atoms with Crippen LogP contribution in [0.4, 0.5) is 0 Å². The van der Waals surface area contributed by atoms with Crippen LogP contribution >= 0.6 is 12.4 Å². The van der Waals surface area contributed by atoms with Crippen LogP contribution in [0, 0.1) is 0 Å². The van der Waals surface area contributed by atoms with Gasteiger partial charge < -0.3 is 19.5 Å². The molecule has 1 fully saturated rings. The van der Waals surface area contributed by atoms with Crippen molar-refractivity contribution < 1.29 is 22.6 Å². The van der Waals surface area contributed by atoms with Gasteiger partial charge in [0.1, 0.15) is 17.2 Å². The molecule has 0 aromatic heterocycles. The first-order chi connectivity index (χ1) is 10.5. The SMILES string of the molecule is COc1cc(OC)c(S(=O)(=O)N[C@@H]2CCCNC2)c(OC)c1.Cl. The second-order valence-electron chi connectivity index (χ2n) is 5.03. The van der Waals surface area contributed by atoms with Crippen LogP contribution in [-0.4, -0.2) is 48.9 Å². The van der Waals surface area contributed by atoms with Gasteiger partial charge in [-0.15, -0.1) is 12.4 Å². The molecule has 9 heteroatoms. The van der Waals surface area contributed by atoms with Crippen molar-refractivity contribution in [2.75, 3.05) is 34.4 Å². The van der Waals surface area contributed by atoms with Gasteiger partial charge in [0.05, 0.1) is 21.3 Å². The van der Waals surface area contributed by atoms with E-state index in [1.54, 1.807) is 0 Å². The van der Waals surface area contributed by atoms with Crippen LogP contribution in [0.1, 0.15) is 12.8 Å². The number of rotatable bonds is 6. The number of hydrogen-bond donors (Lipinski definition) is 2. The summed E-state index contributed by atoms with van der Waals surface area (Å²) in [5, 5.41) is 3.17. The lowest BCUT2D eigenvalue weighted by molar-refractivity contribution is 0.357. The molecule has 0 spiro atoms. The molecule has 1 heterocycles. The summed E-state index contributed by atoms with van der Waals surface area (Å²) in [7, 11) is 0.553. The summed E-state index contributed by atoms with van der Waals surface area (Å²) >= 11 is 0. The first kappa shape index (κ1) is 19.8. The Balaban J connectivity index is 0.00000264. The average molecular weight is 367 g/mol. The first-order valence-electron chi connectivity index (χ1n) is 7.05. The van der Waals surface area contributed by atoms with Gasteiger partial charge in [0.15, 0.2) is 4.90 Å². The molecular formula is C14H23ClN2O5S. The standard InChI is InChI=1S/C14H22N2O5S.ClH/c1-19-11-7-12(20-2)14(13(8-11)21-3)22(17,18)16-10-5-4-6-15-9-10;/h7-8,10,15-16H,4-6,9H2,1-3H3;1H/t10-;/m1./s1. The number of methoxy groups -OCH3 is 3. The van der Waals surface area contributed by atoms with E-state index in [2.05, 4.69) is 10.0 Å². The van der Waals surface area contributed by atoms with Gasteiger partial charge in [-0.1, -0.05) is 0 Å². The summed E-state index contributed by atoms with van der Waals surface area (Å²) in [6.07, 6.45) is 1.73. The summed E-state index contributed by atoms with van der Waals surface area (Å²) in [6.45, 7) is 1.52. The van der Waals surface area contributed by atoms with Crippen molar-refractivity contribution in [3.05, 3.63) is 12.1 Å². The number of hydrogen-bond acceptors (Lipinski definition) is 6. The topological polar surface area (TPSA) is 85.9 Å². The van der Waals surface area contributed by atoms with Crippen molar-refractivity contribution in [2.24, 2.45) is 0 Å². The summed E-state index contributed by atoms with van der Waals surface area (Å²) in [4.78, 5) is -0.0103. The summed E-state index contributed by atoms with van der Waals surface area (Å²) in [6, 6.07) is 2.90. The van der Waals surface area contributed by atoms with Gasteiger partial charge in [0.25, 0.3) is 0 Å². The molecule has 23 heavy (non-hydrogen) atoms. The molecule has 2 rings (SSSR count). The van der Waals surface area contributed by atoms with E-state index in [-0.39, 0.29) is 34.8 Å². The summed E-state index contributed by atoms with van der Waals surface area (Å²) in [5.74, 6) is 0.840. The zero-order valence-corrected chi connectivity index (χ0v) is 15.1. The quantitative estimate of drug-likeness (QED) is 0.786. The maximum absolute atomic E-state index is 12.7. The molecule has 0 aliphatic carbocycles. The Morgan fingerprint density at radius 1 is 1.13 bits per heavy atom. The highest BCUT2D eigenvalue weighted by atomic mass is 35.5. The normalized spacial score (nSPS) is 18.0. The van der Waals surface area contributed by atoms with Crippen molar-refractivity contribution in [2.45, 2.75) is 23.8 Å². The summed E-state index contributed by atoms with van der Waals surface area (Å²) in [5.41, 5.74) is 0. The van der Waals surface area contributed by atoms with Crippen LogP contribution in [0.5, 0.6) is 17.2 Å². The molecule has 0 amide bonds. The van der Waals surface area contributed by atoms with Crippen molar-refractivity contribution in [3.8, 4) is 17.2 Å². The Hall–Kier alpha value is -1.22. The molecular weight excluding hydrogens is 344 g/mol. The Morgan fingerprint density at radius 3 is 2.17 bits per heavy atom. The van der Waals surface area contributed by atoms with E-state index in [1.165, 1.54) is 33.5 Å². The maximum atomic E-state index is 12.7. The van der Waals surface area contributed by atoms with Gasteiger partial charge in [-0.05, 0) is 19.4 Å². The highest BCUT2D eigenvalue weighted by Gasteiger charge is 2.29. The third-order valence-corrected chi connectivity index (χ3v) is 5.14. The minimum atomic E-state index is -3.77. The molecule has 0 saturated carbocycles. The zero-order valence-electron chi connectivity index (χ0n) is 13.4. The van der Waals surface area contributed by atoms with Crippen LogP contribution in [0.15, 0.2) is 17.0 Å². The number of nitrogens with one attached hydrogen (secondary N) is 2. The smallest absolute Gasteiger partial charge is 0.248 e. The second-order valence-corrected chi connectivity index (χ2v) is 6.68. The number of benzene rings is 1. The maximum Gasteiger partial charge on any atom is 0.248 e. The molecule has 1 aliphatic heterocycles. The third-order valence-electron chi connectivity index (χ3n) is 3.56. The molecule has 1 saturated heterocycles. The van der Waals surface area contributed by atoms with Gasteiger partial charge in [-0.25, -0.2) is 13.1 Å². The largest absolute Gasteiger partial charge is 0.496 e. The minimum Gasteiger partial charge on any atom is -0.496 e. The Morgan fingerprint density at radius 2 is 1.74 bits per heavy atom. The van der Waals surface area contributed by atoms with E-state index >= 15 is 0 Å². The number of piperidine rings is 1. The van der Waals surface area contributed by atoms with E-state index < -0.39 is 10.0 Å². The van der Waals surface area contributed by atoms with Gasteiger partial charge in [-0.3, -0.25) is 0 Å². The molecule has 2 N–H and O–H groups in total. The van der Waals surface area contributed by atoms with E-state index in [0.29, 0.717) is 12.3 Å². The van der Waals surface area contributed by atoms with Gasteiger partial charge in [0.2, 0.25) is 10.0 Å². The number of sulfonamides is 1. The Kier molecular flexibility index (Phi) is 7.40. The lowest BCUT2D eigenvalue weighted by Gasteiger charge is -2.24. The predicted octanol–water partition coefficient (Wildman–Crippen LogP) is 1.16. The van der Waals surface area contributed by atoms with Gasteiger partial charge in [0, 0.05) is 24.7 Å². The van der Waals surface area contributed by atoms with Crippen molar-refractivity contribution in [1.29, 1.82) is 0 Å². The van der Waals surface area contributed by atoms with Gasteiger partial charge in [-0.2, -0.15) is 0 Å². The van der Waals surface area contributed by atoms with Gasteiger partial charge >= 0.3 is 0 Å². The molecule has 1 aliphatic rings. The van der Waals surface area contributed by atoms with E-state index in [1.807, 2.05) is 0 Å². The Labute approximate surface area is 143 Å². The van der Waals surface area contributed by atoms with Crippen LogP contribution in [0.3, 0.4) is 0 Å². The fourth-order valence-electron chi connectivity index (χ4n) is 2.47. The first-order valence-corrected chi connectivity index (χ1v) is 8.53. The van der Waals surface area contributed by atoms with Crippen LogP contribution < -0.4 is 24.2 Å². The predicted molar refractivity (Wildman–Crippen MR) is 89.6 cm³/mol. The van der Waals surface area contributed by atoms with E-state index in [9.17, 15) is 8.42 Å². The second kappa shape index (κ2) is 8.58. The highest BCUT2D eigenvalue weighted by Crippen LogP contribution is 2.37.